The number of amides is 1. The van der Waals surface area contributed by atoms with E-state index >= 15 is 0 Å². The topological polar surface area (TPSA) is 106 Å². The number of alkyl halides is 3. The Kier molecular flexibility index (Phi) is 6.62. The van der Waals surface area contributed by atoms with Crippen molar-refractivity contribution in [2.45, 2.75) is 31.1 Å². The number of pyridine rings is 1. The molecule has 1 fully saturated rings. The summed E-state index contributed by atoms with van der Waals surface area (Å²) >= 11 is 0. The Morgan fingerprint density at radius 3 is 2.28 bits per heavy atom. The molecular formula is C27H21F5N6O. The van der Waals surface area contributed by atoms with Crippen LogP contribution < -0.4 is 16.4 Å². The number of rotatable bonds is 7. The van der Waals surface area contributed by atoms with Crippen molar-refractivity contribution in [3.05, 3.63) is 101 Å². The van der Waals surface area contributed by atoms with Gasteiger partial charge in [0.05, 0.1) is 34.8 Å². The standard InChI is InChI=1S/C27H21F5N6O/c28-20-6-5-17(10-21(20)29)26(7-8-26)38-25(39)19-9-18(27(30,31)32)12-37-24(19)36-11-15-1-3-16(4-2-15)22-13-35-23(33)14-34-22/h1-6,9-10,12-14H,7-8,11H2,(H2,33,35)(H,36,37)(H,38,39). The van der Waals surface area contributed by atoms with Crippen molar-refractivity contribution in [2.75, 3.05) is 11.1 Å². The maximum atomic E-state index is 13.8. The number of benzene rings is 2. The summed E-state index contributed by atoms with van der Waals surface area (Å²) in [5.74, 6) is -2.71. The fourth-order valence-corrected chi connectivity index (χ4v) is 4.09. The first-order valence-corrected chi connectivity index (χ1v) is 11.8. The number of aromatic nitrogens is 3. The molecule has 4 N–H and O–H groups in total. The molecular weight excluding hydrogens is 519 g/mol. The summed E-state index contributed by atoms with van der Waals surface area (Å²) in [5, 5.41) is 5.62. The first-order valence-electron chi connectivity index (χ1n) is 11.8. The largest absolute Gasteiger partial charge is 0.417 e. The molecule has 4 aromatic rings. The molecule has 1 aliphatic carbocycles. The van der Waals surface area contributed by atoms with Crippen LogP contribution in [0.2, 0.25) is 0 Å². The molecule has 2 heterocycles. The van der Waals surface area contributed by atoms with Crippen LogP contribution in [0.5, 0.6) is 0 Å². The second kappa shape index (κ2) is 9.93. The first-order chi connectivity index (χ1) is 18.5. The lowest BCUT2D eigenvalue weighted by Gasteiger charge is -2.20. The highest BCUT2D eigenvalue weighted by Gasteiger charge is 2.46. The minimum atomic E-state index is -4.72. The molecule has 0 atom stereocenters. The fraction of sp³-hybridized carbons (Fsp3) is 0.185. The summed E-state index contributed by atoms with van der Waals surface area (Å²) in [6.07, 6.45) is -0.269. The van der Waals surface area contributed by atoms with Gasteiger partial charge in [-0.3, -0.25) is 9.78 Å². The lowest BCUT2D eigenvalue weighted by atomic mass is 10.0. The van der Waals surface area contributed by atoms with E-state index in [0.717, 1.165) is 29.3 Å². The zero-order chi connectivity index (χ0) is 27.8. The highest BCUT2D eigenvalue weighted by atomic mass is 19.4. The maximum absolute atomic E-state index is 13.8. The molecule has 39 heavy (non-hydrogen) atoms. The van der Waals surface area contributed by atoms with Gasteiger partial charge in [-0.15, -0.1) is 0 Å². The van der Waals surface area contributed by atoms with Gasteiger partial charge in [-0.25, -0.2) is 18.7 Å². The van der Waals surface area contributed by atoms with Crippen molar-refractivity contribution in [1.29, 1.82) is 0 Å². The van der Waals surface area contributed by atoms with E-state index in [2.05, 4.69) is 25.6 Å². The lowest BCUT2D eigenvalue weighted by Crippen LogP contribution is -2.35. The fourth-order valence-electron chi connectivity index (χ4n) is 4.09. The Bertz CT molecular complexity index is 1520. The average molecular weight is 540 g/mol. The number of nitrogens with zero attached hydrogens (tertiary/aromatic N) is 3. The lowest BCUT2D eigenvalue weighted by molar-refractivity contribution is -0.137. The molecule has 200 valence electrons. The van der Waals surface area contributed by atoms with Crippen molar-refractivity contribution >= 4 is 17.5 Å². The summed E-state index contributed by atoms with van der Waals surface area (Å²) < 4.78 is 67.5. The van der Waals surface area contributed by atoms with Gasteiger partial charge in [0.1, 0.15) is 11.6 Å². The Balaban J connectivity index is 1.36. The summed E-state index contributed by atoms with van der Waals surface area (Å²) in [6.45, 7) is 0.153. The Morgan fingerprint density at radius 1 is 0.923 bits per heavy atom. The molecule has 5 rings (SSSR count). The number of carbonyl (C=O) groups is 1. The highest BCUT2D eigenvalue weighted by Crippen LogP contribution is 2.46. The SMILES string of the molecule is Nc1cnc(-c2ccc(CNc3ncc(C(F)(F)F)cc3C(=O)NC3(c4ccc(F)c(F)c4)CC3)cc2)cn1. The van der Waals surface area contributed by atoms with Gasteiger partial charge in [0.15, 0.2) is 11.6 Å². The smallest absolute Gasteiger partial charge is 0.382 e. The van der Waals surface area contributed by atoms with Gasteiger partial charge in [-0.1, -0.05) is 30.3 Å². The molecule has 0 spiro atoms. The summed E-state index contributed by atoms with van der Waals surface area (Å²) in [5.41, 5.74) is 5.62. The molecule has 2 aromatic heterocycles. The predicted molar refractivity (Wildman–Crippen MR) is 133 cm³/mol. The van der Waals surface area contributed by atoms with Gasteiger partial charge in [0, 0.05) is 18.3 Å². The molecule has 0 unspecified atom stereocenters. The highest BCUT2D eigenvalue weighted by molar-refractivity contribution is 5.99. The van der Waals surface area contributed by atoms with Crippen LogP contribution in [0.1, 0.15) is 39.9 Å². The molecule has 1 amide bonds. The maximum Gasteiger partial charge on any atom is 0.417 e. The number of hydrogen-bond donors (Lipinski definition) is 3. The molecule has 0 saturated heterocycles. The van der Waals surface area contributed by atoms with Crippen molar-refractivity contribution in [2.24, 2.45) is 0 Å². The van der Waals surface area contributed by atoms with Crippen LogP contribution in [0.25, 0.3) is 11.3 Å². The first kappa shape index (κ1) is 26.0. The van der Waals surface area contributed by atoms with Crippen LogP contribution in [-0.4, -0.2) is 20.9 Å². The van der Waals surface area contributed by atoms with Crippen molar-refractivity contribution in [3.63, 3.8) is 0 Å². The summed E-state index contributed by atoms with van der Waals surface area (Å²) in [7, 11) is 0. The molecule has 1 saturated carbocycles. The molecule has 7 nitrogen and oxygen atoms in total. The zero-order valence-corrected chi connectivity index (χ0v) is 20.2. The van der Waals surface area contributed by atoms with Crippen molar-refractivity contribution in [3.8, 4) is 11.3 Å². The second-order valence-corrected chi connectivity index (χ2v) is 9.16. The summed E-state index contributed by atoms with van der Waals surface area (Å²) in [6, 6.07) is 11.1. The van der Waals surface area contributed by atoms with Gasteiger partial charge in [-0.05, 0) is 42.2 Å². The second-order valence-electron chi connectivity index (χ2n) is 9.16. The van der Waals surface area contributed by atoms with E-state index in [0.29, 0.717) is 36.1 Å². The van der Waals surface area contributed by atoms with Crippen LogP contribution in [-0.2, 0) is 18.3 Å². The van der Waals surface area contributed by atoms with Crippen molar-refractivity contribution < 1.29 is 26.7 Å². The normalized spacial score (nSPS) is 14.1. The average Bonchev–Trinajstić information content (AvgIpc) is 3.69. The Morgan fingerprint density at radius 2 is 1.67 bits per heavy atom. The van der Waals surface area contributed by atoms with Gasteiger partial charge in [-0.2, -0.15) is 13.2 Å². The third kappa shape index (κ3) is 5.64. The number of nitrogen functional groups attached to an aromatic ring is 1. The van der Waals surface area contributed by atoms with Crippen LogP contribution in [0.4, 0.5) is 33.6 Å². The number of carbonyl (C=O) groups excluding carboxylic acids is 1. The van der Waals surface area contributed by atoms with E-state index in [9.17, 15) is 26.7 Å². The Labute approximate surface area is 219 Å². The minimum Gasteiger partial charge on any atom is -0.382 e. The number of nitrogens with one attached hydrogen (secondary N) is 2. The minimum absolute atomic E-state index is 0.0601. The van der Waals surface area contributed by atoms with E-state index in [1.54, 1.807) is 24.3 Å². The number of anilines is 2. The number of nitrogens with two attached hydrogens (primary N) is 1. The summed E-state index contributed by atoms with van der Waals surface area (Å²) in [4.78, 5) is 25.3. The molecule has 2 aromatic carbocycles. The van der Waals surface area contributed by atoms with Crippen LogP contribution in [0.15, 0.2) is 67.1 Å². The third-order valence-corrected chi connectivity index (χ3v) is 6.42. The quantitative estimate of drug-likeness (QED) is 0.269. The van der Waals surface area contributed by atoms with E-state index < -0.39 is 34.8 Å². The van der Waals surface area contributed by atoms with Crippen molar-refractivity contribution in [1.82, 2.24) is 20.3 Å². The monoisotopic (exact) mass is 540 g/mol. The van der Waals surface area contributed by atoms with Crippen LogP contribution >= 0.6 is 0 Å². The number of halogens is 5. The van der Waals surface area contributed by atoms with Gasteiger partial charge in [0.25, 0.3) is 5.91 Å². The van der Waals surface area contributed by atoms with Crippen LogP contribution in [0.3, 0.4) is 0 Å². The molecule has 0 aliphatic heterocycles. The van der Waals surface area contributed by atoms with E-state index in [1.165, 1.54) is 18.5 Å². The Hall–Kier alpha value is -4.61. The predicted octanol–water partition coefficient (Wildman–Crippen LogP) is 5.45. The molecule has 1 aliphatic rings. The van der Waals surface area contributed by atoms with E-state index in [-0.39, 0.29) is 17.9 Å². The van der Waals surface area contributed by atoms with Gasteiger partial charge in [0.2, 0.25) is 0 Å². The van der Waals surface area contributed by atoms with Gasteiger partial charge >= 0.3 is 6.18 Å². The van der Waals surface area contributed by atoms with Crippen LogP contribution in [0, 0.1) is 11.6 Å². The molecule has 0 radical (unpaired) electrons. The molecule has 0 bridgehead atoms. The van der Waals surface area contributed by atoms with E-state index in [1.807, 2.05) is 0 Å². The van der Waals surface area contributed by atoms with E-state index in [4.69, 9.17) is 5.73 Å². The number of hydrogen-bond acceptors (Lipinski definition) is 6. The van der Waals surface area contributed by atoms with Gasteiger partial charge < -0.3 is 16.4 Å². The third-order valence-electron chi connectivity index (χ3n) is 6.42. The zero-order valence-electron chi connectivity index (χ0n) is 20.2. The molecule has 12 heteroatoms.